The van der Waals surface area contributed by atoms with Crippen LogP contribution in [0.4, 0.5) is 4.39 Å². The number of amides is 1. The Labute approximate surface area is 143 Å². The summed E-state index contributed by atoms with van der Waals surface area (Å²) in [5.74, 6) is 0.0623. The van der Waals surface area contributed by atoms with Crippen molar-refractivity contribution < 1.29 is 22.9 Å². The zero-order chi connectivity index (χ0) is 17.8. The highest BCUT2D eigenvalue weighted by molar-refractivity contribution is 5.92. The Bertz CT molecular complexity index is 830. The minimum absolute atomic E-state index is 0.0292. The number of oxazole rings is 1. The molecular weight excluding hydrogens is 329 g/mol. The molecule has 2 heterocycles. The van der Waals surface area contributed by atoms with E-state index in [1.165, 1.54) is 41.7 Å². The molecule has 0 saturated heterocycles. The van der Waals surface area contributed by atoms with E-state index in [1.54, 1.807) is 13.1 Å². The molecule has 0 aliphatic rings. The highest BCUT2D eigenvalue weighted by atomic mass is 19.1. The number of carbonyl (C=O) groups is 1. The Morgan fingerprint density at radius 1 is 1.32 bits per heavy atom. The van der Waals surface area contributed by atoms with Gasteiger partial charge in [0.15, 0.2) is 12.3 Å². The van der Waals surface area contributed by atoms with E-state index >= 15 is 0 Å². The van der Waals surface area contributed by atoms with Crippen LogP contribution in [0.2, 0.25) is 0 Å². The summed E-state index contributed by atoms with van der Waals surface area (Å²) >= 11 is 0. The van der Waals surface area contributed by atoms with Gasteiger partial charge in [-0.1, -0.05) is 5.16 Å². The van der Waals surface area contributed by atoms with E-state index in [2.05, 4.69) is 10.1 Å². The molecule has 3 rings (SSSR count). The molecule has 0 N–H and O–H groups in total. The molecule has 1 atom stereocenters. The van der Waals surface area contributed by atoms with Crippen molar-refractivity contribution in [2.75, 3.05) is 7.05 Å². The number of carbonyl (C=O) groups excluding carboxylic acids is 1. The van der Waals surface area contributed by atoms with Crippen LogP contribution >= 0.6 is 0 Å². The molecule has 0 radical (unpaired) electrons. The van der Waals surface area contributed by atoms with E-state index in [-0.39, 0.29) is 36.0 Å². The summed E-state index contributed by atoms with van der Waals surface area (Å²) in [7, 11) is 1.64. The van der Waals surface area contributed by atoms with Crippen LogP contribution in [-0.2, 0) is 6.61 Å². The number of nitrogens with zero attached hydrogens (tertiary/aromatic N) is 3. The number of hydrogen-bond acceptors (Lipinski definition) is 6. The molecule has 7 nitrogen and oxygen atoms in total. The maximum absolute atomic E-state index is 12.8. The third-order valence-electron chi connectivity index (χ3n) is 3.73. The lowest BCUT2D eigenvalue weighted by molar-refractivity contribution is 0.0731. The molecule has 0 fully saturated rings. The number of aromatic nitrogens is 2. The second kappa shape index (κ2) is 7.16. The van der Waals surface area contributed by atoms with Crippen molar-refractivity contribution in [1.29, 1.82) is 0 Å². The van der Waals surface area contributed by atoms with E-state index in [0.717, 1.165) is 0 Å². The Balaban J connectivity index is 1.62. The van der Waals surface area contributed by atoms with E-state index in [0.29, 0.717) is 11.4 Å². The number of hydrogen-bond donors (Lipinski definition) is 0. The molecule has 1 amide bonds. The van der Waals surface area contributed by atoms with Crippen molar-refractivity contribution in [3.8, 4) is 5.75 Å². The molecule has 130 valence electrons. The summed E-state index contributed by atoms with van der Waals surface area (Å²) in [6, 6.07) is 7.00. The van der Waals surface area contributed by atoms with Gasteiger partial charge in [0, 0.05) is 13.1 Å². The van der Waals surface area contributed by atoms with Gasteiger partial charge in [0.05, 0.1) is 6.04 Å². The molecule has 1 aromatic carbocycles. The fraction of sp³-hybridized carbons (Fsp3) is 0.235. The van der Waals surface area contributed by atoms with Crippen LogP contribution in [0.25, 0.3) is 0 Å². The van der Waals surface area contributed by atoms with Crippen LogP contribution < -0.4 is 4.74 Å². The van der Waals surface area contributed by atoms with Crippen molar-refractivity contribution in [1.82, 2.24) is 15.0 Å². The SMILES string of the molecule is CC(c1ccon1)N(C)C(=O)c1coc(COc2ccc(F)cc2)n1. The summed E-state index contributed by atoms with van der Waals surface area (Å²) in [4.78, 5) is 18.1. The van der Waals surface area contributed by atoms with Gasteiger partial charge in [-0.05, 0) is 31.2 Å². The van der Waals surface area contributed by atoms with Crippen LogP contribution in [0.3, 0.4) is 0 Å². The zero-order valence-electron chi connectivity index (χ0n) is 13.7. The minimum atomic E-state index is -0.347. The summed E-state index contributed by atoms with van der Waals surface area (Å²) in [5, 5.41) is 3.83. The van der Waals surface area contributed by atoms with E-state index in [4.69, 9.17) is 13.7 Å². The Hall–Kier alpha value is -3.16. The first kappa shape index (κ1) is 16.7. The maximum Gasteiger partial charge on any atom is 0.276 e. The normalized spacial score (nSPS) is 12.0. The van der Waals surface area contributed by atoms with Gasteiger partial charge in [0.25, 0.3) is 5.91 Å². The Morgan fingerprint density at radius 3 is 2.76 bits per heavy atom. The van der Waals surface area contributed by atoms with Crippen molar-refractivity contribution >= 4 is 5.91 Å². The van der Waals surface area contributed by atoms with E-state index in [1.807, 2.05) is 6.92 Å². The fourth-order valence-corrected chi connectivity index (χ4v) is 2.14. The van der Waals surface area contributed by atoms with Crippen molar-refractivity contribution in [2.45, 2.75) is 19.6 Å². The van der Waals surface area contributed by atoms with Crippen LogP contribution in [0.1, 0.15) is 35.0 Å². The van der Waals surface area contributed by atoms with E-state index < -0.39 is 0 Å². The summed E-state index contributed by atoms with van der Waals surface area (Å²) in [5.41, 5.74) is 0.801. The largest absolute Gasteiger partial charge is 0.484 e. The molecule has 25 heavy (non-hydrogen) atoms. The van der Waals surface area contributed by atoms with Gasteiger partial charge < -0.3 is 18.6 Å². The molecule has 1 unspecified atom stereocenters. The first-order chi connectivity index (χ1) is 12.0. The standard InChI is InChI=1S/C17H16FN3O4/c1-11(14-7-8-25-20-14)21(2)17(22)15-9-24-16(19-15)10-23-13-5-3-12(18)4-6-13/h3-9,11H,10H2,1-2H3. The lowest BCUT2D eigenvalue weighted by Gasteiger charge is -2.21. The average Bonchev–Trinajstić information content (AvgIpc) is 3.31. The Kier molecular flexibility index (Phi) is 4.78. The molecule has 3 aromatic rings. The van der Waals surface area contributed by atoms with Gasteiger partial charge in [0.2, 0.25) is 5.89 Å². The predicted molar refractivity (Wildman–Crippen MR) is 84.2 cm³/mol. The monoisotopic (exact) mass is 345 g/mol. The molecular formula is C17H16FN3O4. The summed E-state index contributed by atoms with van der Waals surface area (Å²) < 4.78 is 28.3. The third kappa shape index (κ3) is 3.85. The molecule has 2 aromatic heterocycles. The van der Waals surface area contributed by atoms with Gasteiger partial charge in [-0.25, -0.2) is 9.37 Å². The van der Waals surface area contributed by atoms with Gasteiger partial charge in [-0.3, -0.25) is 4.79 Å². The van der Waals surface area contributed by atoms with Gasteiger partial charge in [-0.15, -0.1) is 0 Å². The van der Waals surface area contributed by atoms with Gasteiger partial charge >= 0.3 is 0 Å². The van der Waals surface area contributed by atoms with Crippen LogP contribution in [-0.4, -0.2) is 28.0 Å². The minimum Gasteiger partial charge on any atom is -0.484 e. The molecule has 0 bridgehead atoms. The highest BCUT2D eigenvalue weighted by Crippen LogP contribution is 2.19. The number of ether oxygens (including phenoxy) is 1. The van der Waals surface area contributed by atoms with Gasteiger partial charge in [0.1, 0.15) is 29.8 Å². The van der Waals surface area contributed by atoms with Gasteiger partial charge in [-0.2, -0.15) is 0 Å². The lowest BCUT2D eigenvalue weighted by atomic mass is 10.2. The molecule has 0 saturated carbocycles. The quantitative estimate of drug-likeness (QED) is 0.682. The topological polar surface area (TPSA) is 81.6 Å². The Morgan fingerprint density at radius 2 is 2.08 bits per heavy atom. The maximum atomic E-state index is 12.8. The van der Waals surface area contributed by atoms with Crippen LogP contribution in [0, 0.1) is 5.82 Å². The summed E-state index contributed by atoms with van der Waals surface area (Å²) in [6.07, 6.45) is 2.73. The average molecular weight is 345 g/mol. The molecule has 0 aliphatic carbocycles. The second-order valence-electron chi connectivity index (χ2n) is 5.39. The molecule has 8 heteroatoms. The molecule has 0 spiro atoms. The highest BCUT2D eigenvalue weighted by Gasteiger charge is 2.23. The second-order valence-corrected chi connectivity index (χ2v) is 5.39. The number of benzene rings is 1. The fourth-order valence-electron chi connectivity index (χ4n) is 2.14. The van der Waals surface area contributed by atoms with Crippen LogP contribution in [0.15, 0.2) is 51.8 Å². The van der Waals surface area contributed by atoms with Crippen LogP contribution in [0.5, 0.6) is 5.75 Å². The number of halogens is 1. The zero-order valence-corrected chi connectivity index (χ0v) is 13.7. The number of rotatable bonds is 6. The van der Waals surface area contributed by atoms with E-state index in [9.17, 15) is 9.18 Å². The van der Waals surface area contributed by atoms with Crippen molar-refractivity contribution in [3.05, 3.63) is 66.0 Å². The molecule has 0 aliphatic heterocycles. The lowest BCUT2D eigenvalue weighted by Crippen LogP contribution is -2.30. The van der Waals surface area contributed by atoms with Crippen molar-refractivity contribution in [3.63, 3.8) is 0 Å². The first-order valence-electron chi connectivity index (χ1n) is 7.55. The third-order valence-corrected chi connectivity index (χ3v) is 3.73. The summed E-state index contributed by atoms with van der Waals surface area (Å²) in [6.45, 7) is 1.86. The first-order valence-corrected chi connectivity index (χ1v) is 7.55. The smallest absolute Gasteiger partial charge is 0.276 e. The predicted octanol–water partition coefficient (Wildman–Crippen LogP) is 3.21. The van der Waals surface area contributed by atoms with Crippen molar-refractivity contribution in [2.24, 2.45) is 0 Å².